The molecule has 5 heteroatoms. The third-order valence-electron chi connectivity index (χ3n) is 2.28. The number of pyridine rings is 1. The Kier molecular flexibility index (Phi) is 2.78. The summed E-state index contributed by atoms with van der Waals surface area (Å²) in [6, 6.07) is 4.04. The van der Waals surface area contributed by atoms with E-state index in [0.717, 1.165) is 6.07 Å². The highest BCUT2D eigenvalue weighted by Crippen LogP contribution is 2.21. The van der Waals surface area contributed by atoms with E-state index in [-0.39, 0.29) is 10.9 Å². The van der Waals surface area contributed by atoms with E-state index in [1.54, 1.807) is 6.07 Å². The van der Waals surface area contributed by atoms with Crippen molar-refractivity contribution >= 4 is 10.9 Å². The van der Waals surface area contributed by atoms with Crippen LogP contribution in [0, 0.1) is 17.5 Å². The predicted octanol–water partition coefficient (Wildman–Crippen LogP) is 2.15. The largest absolute Gasteiger partial charge is 0.330 e. The normalized spacial score (nSPS) is 11.0. The molecule has 0 radical (unpaired) electrons. The minimum Gasteiger partial charge on any atom is -0.330 e. The first-order chi connectivity index (χ1) is 7.63. The van der Waals surface area contributed by atoms with Crippen LogP contribution in [0.5, 0.6) is 0 Å². The number of nitrogens with two attached hydrogens (primary N) is 1. The molecule has 0 spiro atoms. The Balaban J connectivity index is 2.68. The summed E-state index contributed by atoms with van der Waals surface area (Å²) in [6.07, 6.45) is 0.467. The van der Waals surface area contributed by atoms with Gasteiger partial charge in [0, 0.05) is 17.5 Å². The second kappa shape index (κ2) is 4.09. The highest BCUT2D eigenvalue weighted by Gasteiger charge is 2.14. The Morgan fingerprint density at radius 3 is 2.56 bits per heavy atom. The Hall–Kier alpha value is -1.62. The van der Waals surface area contributed by atoms with Crippen LogP contribution in [0.1, 0.15) is 5.69 Å². The molecule has 2 nitrogen and oxygen atoms in total. The van der Waals surface area contributed by atoms with E-state index in [1.165, 1.54) is 6.07 Å². The van der Waals surface area contributed by atoms with E-state index >= 15 is 0 Å². The Bertz CT molecular complexity index is 540. The molecule has 0 saturated heterocycles. The first-order valence-electron chi connectivity index (χ1n) is 4.76. The molecule has 1 heterocycles. The minimum absolute atomic E-state index is 0.162. The van der Waals surface area contributed by atoms with Crippen molar-refractivity contribution in [3.63, 3.8) is 0 Å². The maximum atomic E-state index is 13.4. The number of benzene rings is 1. The van der Waals surface area contributed by atoms with E-state index in [2.05, 4.69) is 4.98 Å². The summed E-state index contributed by atoms with van der Waals surface area (Å²) in [5.74, 6) is -3.96. The molecule has 16 heavy (non-hydrogen) atoms. The van der Waals surface area contributed by atoms with Crippen molar-refractivity contribution in [2.24, 2.45) is 5.73 Å². The SMILES string of the molecule is NCCc1ccc2cc(F)c(F)c(F)c2n1. The predicted molar refractivity (Wildman–Crippen MR) is 54.4 cm³/mol. The molecule has 2 rings (SSSR count). The molecule has 0 aliphatic carbocycles. The molecule has 84 valence electrons. The van der Waals surface area contributed by atoms with Crippen LogP contribution >= 0.6 is 0 Å². The number of aromatic nitrogens is 1. The Morgan fingerprint density at radius 1 is 1.12 bits per heavy atom. The maximum Gasteiger partial charge on any atom is 0.196 e. The molecule has 0 bridgehead atoms. The zero-order valence-corrected chi connectivity index (χ0v) is 8.30. The maximum absolute atomic E-state index is 13.4. The van der Waals surface area contributed by atoms with Gasteiger partial charge in [0.05, 0.1) is 0 Å². The summed E-state index contributed by atoms with van der Waals surface area (Å²) < 4.78 is 39.2. The lowest BCUT2D eigenvalue weighted by Gasteiger charge is -2.04. The van der Waals surface area contributed by atoms with Crippen LogP contribution in [0.25, 0.3) is 10.9 Å². The molecule has 0 aliphatic heterocycles. The van der Waals surface area contributed by atoms with Gasteiger partial charge in [0.15, 0.2) is 17.5 Å². The van der Waals surface area contributed by atoms with Gasteiger partial charge in [-0.1, -0.05) is 6.07 Å². The molecule has 0 saturated carbocycles. The zero-order chi connectivity index (χ0) is 11.7. The van der Waals surface area contributed by atoms with Crippen LogP contribution in [0.4, 0.5) is 13.2 Å². The van der Waals surface area contributed by atoms with Crippen LogP contribution in [0.15, 0.2) is 18.2 Å². The molecule has 0 atom stereocenters. The third kappa shape index (κ3) is 1.74. The summed E-state index contributed by atoms with van der Waals surface area (Å²) in [6.45, 7) is 0.365. The molecule has 0 unspecified atom stereocenters. The lowest BCUT2D eigenvalue weighted by molar-refractivity contribution is 0.452. The smallest absolute Gasteiger partial charge is 0.196 e. The van der Waals surface area contributed by atoms with Gasteiger partial charge >= 0.3 is 0 Å². The molecule has 0 fully saturated rings. The van der Waals surface area contributed by atoms with Crippen molar-refractivity contribution in [3.8, 4) is 0 Å². The van der Waals surface area contributed by atoms with E-state index < -0.39 is 17.5 Å². The van der Waals surface area contributed by atoms with Gasteiger partial charge in [0.2, 0.25) is 0 Å². The summed E-state index contributed by atoms with van der Waals surface area (Å²) >= 11 is 0. The standard InChI is InChI=1S/C11H9F3N2/c12-8-5-6-1-2-7(3-4-15)16-11(6)10(14)9(8)13/h1-2,5H,3-4,15H2. The third-order valence-corrected chi connectivity index (χ3v) is 2.28. The molecule has 0 aliphatic rings. The van der Waals surface area contributed by atoms with Crippen molar-refractivity contribution in [1.82, 2.24) is 4.98 Å². The quantitative estimate of drug-likeness (QED) is 0.797. The van der Waals surface area contributed by atoms with Crippen LogP contribution < -0.4 is 5.73 Å². The average molecular weight is 226 g/mol. The van der Waals surface area contributed by atoms with Crippen molar-refractivity contribution < 1.29 is 13.2 Å². The topological polar surface area (TPSA) is 38.9 Å². The zero-order valence-electron chi connectivity index (χ0n) is 8.30. The molecular formula is C11H9F3N2. The number of hydrogen-bond donors (Lipinski definition) is 1. The summed E-state index contributed by atoms with van der Waals surface area (Å²) in [7, 11) is 0. The van der Waals surface area contributed by atoms with Crippen LogP contribution in [0.2, 0.25) is 0 Å². The number of hydrogen-bond acceptors (Lipinski definition) is 2. The van der Waals surface area contributed by atoms with Crippen molar-refractivity contribution in [2.75, 3.05) is 6.54 Å². The highest BCUT2D eigenvalue weighted by molar-refractivity contribution is 5.79. The monoisotopic (exact) mass is 226 g/mol. The second-order valence-electron chi connectivity index (χ2n) is 3.40. The van der Waals surface area contributed by atoms with Gasteiger partial charge in [-0.05, 0) is 18.7 Å². The molecule has 2 aromatic rings. The average Bonchev–Trinajstić information content (AvgIpc) is 2.28. The first kappa shape index (κ1) is 10.9. The fraction of sp³-hybridized carbons (Fsp3) is 0.182. The highest BCUT2D eigenvalue weighted by atomic mass is 19.2. The van der Waals surface area contributed by atoms with Crippen molar-refractivity contribution in [1.29, 1.82) is 0 Å². The van der Waals surface area contributed by atoms with E-state index in [4.69, 9.17) is 5.73 Å². The van der Waals surface area contributed by atoms with Gasteiger partial charge < -0.3 is 5.73 Å². The number of halogens is 3. The van der Waals surface area contributed by atoms with Crippen LogP contribution in [-0.2, 0) is 6.42 Å². The fourth-order valence-corrected chi connectivity index (χ4v) is 1.50. The Labute approximate surface area is 89.9 Å². The number of nitrogens with zero attached hydrogens (tertiary/aromatic N) is 1. The van der Waals surface area contributed by atoms with Gasteiger partial charge in [-0.2, -0.15) is 0 Å². The second-order valence-corrected chi connectivity index (χ2v) is 3.40. The van der Waals surface area contributed by atoms with Gasteiger partial charge in [0.25, 0.3) is 0 Å². The molecular weight excluding hydrogens is 217 g/mol. The van der Waals surface area contributed by atoms with E-state index in [0.29, 0.717) is 18.7 Å². The number of fused-ring (bicyclic) bond motifs is 1. The summed E-state index contributed by atoms with van der Waals surface area (Å²) in [4.78, 5) is 3.90. The molecule has 1 aromatic heterocycles. The van der Waals surface area contributed by atoms with Crippen LogP contribution in [0.3, 0.4) is 0 Å². The van der Waals surface area contributed by atoms with Gasteiger partial charge in [-0.3, -0.25) is 0 Å². The molecule has 0 amide bonds. The number of rotatable bonds is 2. The Morgan fingerprint density at radius 2 is 1.88 bits per heavy atom. The first-order valence-corrected chi connectivity index (χ1v) is 4.76. The van der Waals surface area contributed by atoms with Crippen molar-refractivity contribution in [2.45, 2.75) is 6.42 Å². The van der Waals surface area contributed by atoms with Gasteiger partial charge in [-0.25, -0.2) is 18.2 Å². The minimum atomic E-state index is -1.50. The fourth-order valence-electron chi connectivity index (χ4n) is 1.50. The van der Waals surface area contributed by atoms with E-state index in [9.17, 15) is 13.2 Å². The van der Waals surface area contributed by atoms with Crippen molar-refractivity contribution in [3.05, 3.63) is 41.3 Å². The van der Waals surface area contributed by atoms with Gasteiger partial charge in [-0.15, -0.1) is 0 Å². The molecule has 2 N–H and O–H groups in total. The summed E-state index contributed by atoms with van der Waals surface area (Å²) in [5.41, 5.74) is 5.72. The van der Waals surface area contributed by atoms with E-state index in [1.807, 2.05) is 0 Å². The summed E-state index contributed by atoms with van der Waals surface area (Å²) in [5, 5.41) is 0.233. The lowest BCUT2D eigenvalue weighted by atomic mass is 10.1. The lowest BCUT2D eigenvalue weighted by Crippen LogP contribution is -2.05. The van der Waals surface area contributed by atoms with Crippen LogP contribution in [-0.4, -0.2) is 11.5 Å². The van der Waals surface area contributed by atoms with Gasteiger partial charge in [0.1, 0.15) is 5.52 Å². The molecule has 1 aromatic carbocycles.